The van der Waals surface area contributed by atoms with Gasteiger partial charge in [0.2, 0.25) is 0 Å². The molecule has 0 rings (SSSR count). The van der Waals surface area contributed by atoms with Crippen molar-refractivity contribution in [2.24, 2.45) is 0 Å². The zero-order valence-corrected chi connectivity index (χ0v) is 10.7. The second-order valence-electron chi connectivity index (χ2n) is 3.82. The molecule has 2 unspecified atom stereocenters. The SMILES string of the molecule is CCCNC(COCCC)C(CC)OC. The van der Waals surface area contributed by atoms with Crippen molar-refractivity contribution in [2.45, 2.75) is 52.2 Å². The summed E-state index contributed by atoms with van der Waals surface area (Å²) in [5, 5.41) is 3.48. The van der Waals surface area contributed by atoms with Crippen molar-refractivity contribution in [1.29, 1.82) is 0 Å². The predicted molar refractivity (Wildman–Crippen MR) is 64.3 cm³/mol. The first-order valence-corrected chi connectivity index (χ1v) is 6.13. The minimum atomic E-state index is 0.258. The molecule has 0 bridgehead atoms. The molecule has 0 fully saturated rings. The Bertz CT molecular complexity index is 127. The first kappa shape index (κ1) is 14.9. The Kier molecular flexibility index (Phi) is 10.3. The molecule has 0 aromatic rings. The Balaban J connectivity index is 3.91. The molecule has 1 N–H and O–H groups in total. The van der Waals surface area contributed by atoms with Crippen molar-refractivity contribution in [3.05, 3.63) is 0 Å². The lowest BCUT2D eigenvalue weighted by Crippen LogP contribution is -2.44. The predicted octanol–water partition coefficient (Wildman–Crippen LogP) is 2.21. The number of hydrogen-bond donors (Lipinski definition) is 1. The Hall–Kier alpha value is -0.120. The van der Waals surface area contributed by atoms with Crippen LogP contribution in [0.2, 0.25) is 0 Å². The van der Waals surface area contributed by atoms with E-state index in [4.69, 9.17) is 9.47 Å². The maximum atomic E-state index is 5.58. The van der Waals surface area contributed by atoms with Crippen LogP contribution >= 0.6 is 0 Å². The molecule has 0 aliphatic heterocycles. The van der Waals surface area contributed by atoms with Crippen LogP contribution in [0.25, 0.3) is 0 Å². The fraction of sp³-hybridized carbons (Fsp3) is 1.00. The molecule has 0 amide bonds. The van der Waals surface area contributed by atoms with Gasteiger partial charge in [-0.1, -0.05) is 20.8 Å². The summed E-state index contributed by atoms with van der Waals surface area (Å²) in [5.41, 5.74) is 0. The topological polar surface area (TPSA) is 30.5 Å². The van der Waals surface area contributed by atoms with Gasteiger partial charge in [0.25, 0.3) is 0 Å². The zero-order chi connectivity index (χ0) is 11.5. The smallest absolute Gasteiger partial charge is 0.0744 e. The molecule has 0 aliphatic carbocycles. The summed E-state index contributed by atoms with van der Waals surface area (Å²) in [6.45, 7) is 9.06. The third-order valence-corrected chi connectivity index (χ3v) is 2.46. The van der Waals surface area contributed by atoms with Gasteiger partial charge in [-0.25, -0.2) is 0 Å². The molecule has 92 valence electrons. The quantitative estimate of drug-likeness (QED) is 0.569. The third kappa shape index (κ3) is 6.88. The van der Waals surface area contributed by atoms with Crippen LogP contribution in [-0.2, 0) is 9.47 Å². The van der Waals surface area contributed by atoms with E-state index >= 15 is 0 Å². The van der Waals surface area contributed by atoms with Gasteiger partial charge in [-0.2, -0.15) is 0 Å². The van der Waals surface area contributed by atoms with Gasteiger partial charge < -0.3 is 14.8 Å². The van der Waals surface area contributed by atoms with Crippen molar-refractivity contribution in [1.82, 2.24) is 5.32 Å². The monoisotopic (exact) mass is 217 g/mol. The number of ether oxygens (including phenoxy) is 2. The van der Waals surface area contributed by atoms with Gasteiger partial charge in [-0.15, -0.1) is 0 Å². The summed E-state index contributed by atoms with van der Waals surface area (Å²) in [6.07, 6.45) is 3.50. The van der Waals surface area contributed by atoms with Gasteiger partial charge in [-0.3, -0.25) is 0 Å². The van der Waals surface area contributed by atoms with Crippen molar-refractivity contribution in [2.75, 3.05) is 26.9 Å². The highest BCUT2D eigenvalue weighted by molar-refractivity contribution is 4.75. The molecule has 15 heavy (non-hydrogen) atoms. The minimum absolute atomic E-state index is 0.258. The Labute approximate surface area is 94.5 Å². The second kappa shape index (κ2) is 10.4. The highest BCUT2D eigenvalue weighted by Gasteiger charge is 2.18. The molecule has 0 spiro atoms. The van der Waals surface area contributed by atoms with Crippen molar-refractivity contribution < 1.29 is 9.47 Å². The maximum Gasteiger partial charge on any atom is 0.0744 e. The summed E-state index contributed by atoms with van der Waals surface area (Å²) in [7, 11) is 1.77. The van der Waals surface area contributed by atoms with Crippen LogP contribution in [0.4, 0.5) is 0 Å². The average Bonchev–Trinajstić information content (AvgIpc) is 2.26. The van der Waals surface area contributed by atoms with Crippen LogP contribution in [-0.4, -0.2) is 39.0 Å². The molecule has 0 saturated heterocycles. The molecule has 0 aliphatic rings. The third-order valence-electron chi connectivity index (χ3n) is 2.46. The lowest BCUT2D eigenvalue weighted by Gasteiger charge is -2.26. The molecule has 0 heterocycles. The van der Waals surface area contributed by atoms with Gasteiger partial charge in [0.05, 0.1) is 18.8 Å². The lowest BCUT2D eigenvalue weighted by atomic mass is 10.1. The second-order valence-corrected chi connectivity index (χ2v) is 3.82. The van der Waals surface area contributed by atoms with Crippen LogP contribution in [0.5, 0.6) is 0 Å². The van der Waals surface area contributed by atoms with Crippen LogP contribution in [0.15, 0.2) is 0 Å². The molecular formula is C12H27NO2. The first-order chi connectivity index (χ1) is 7.29. The fourth-order valence-corrected chi connectivity index (χ4v) is 1.60. The number of hydrogen-bond acceptors (Lipinski definition) is 3. The highest BCUT2D eigenvalue weighted by atomic mass is 16.5. The first-order valence-electron chi connectivity index (χ1n) is 6.13. The van der Waals surface area contributed by atoms with Gasteiger partial charge in [0.1, 0.15) is 0 Å². The molecule has 0 saturated carbocycles. The number of nitrogens with one attached hydrogen (secondary N) is 1. The van der Waals surface area contributed by atoms with Crippen LogP contribution in [0.3, 0.4) is 0 Å². The average molecular weight is 217 g/mol. The number of methoxy groups -OCH3 is 1. The zero-order valence-electron chi connectivity index (χ0n) is 10.7. The summed E-state index contributed by atoms with van der Waals surface area (Å²) < 4.78 is 11.0. The van der Waals surface area contributed by atoms with E-state index in [9.17, 15) is 0 Å². The van der Waals surface area contributed by atoms with E-state index in [-0.39, 0.29) is 6.10 Å². The van der Waals surface area contributed by atoms with E-state index in [2.05, 4.69) is 26.1 Å². The van der Waals surface area contributed by atoms with E-state index in [1.54, 1.807) is 7.11 Å². The standard InChI is InChI=1S/C12H27NO2/c1-5-8-13-11(10-15-9-6-2)12(7-3)14-4/h11-13H,5-10H2,1-4H3. The van der Waals surface area contributed by atoms with Gasteiger partial charge in [0, 0.05) is 13.7 Å². The van der Waals surface area contributed by atoms with Crippen LogP contribution in [0.1, 0.15) is 40.0 Å². The summed E-state index contributed by atoms with van der Waals surface area (Å²) >= 11 is 0. The van der Waals surface area contributed by atoms with Crippen molar-refractivity contribution in [3.63, 3.8) is 0 Å². The van der Waals surface area contributed by atoms with E-state index in [0.29, 0.717) is 6.04 Å². The molecule has 0 radical (unpaired) electrons. The van der Waals surface area contributed by atoms with Crippen LogP contribution < -0.4 is 5.32 Å². The highest BCUT2D eigenvalue weighted by Crippen LogP contribution is 2.04. The molecule has 0 aromatic heterocycles. The van der Waals surface area contributed by atoms with Crippen molar-refractivity contribution in [3.8, 4) is 0 Å². The summed E-state index contributed by atoms with van der Waals surface area (Å²) in [5.74, 6) is 0. The van der Waals surface area contributed by atoms with E-state index in [1.807, 2.05) is 0 Å². The van der Waals surface area contributed by atoms with E-state index in [1.165, 1.54) is 0 Å². The molecule has 2 atom stereocenters. The Morgan fingerprint density at radius 1 is 1.13 bits per heavy atom. The number of rotatable bonds is 10. The van der Waals surface area contributed by atoms with Gasteiger partial charge in [0.15, 0.2) is 0 Å². The fourth-order valence-electron chi connectivity index (χ4n) is 1.60. The van der Waals surface area contributed by atoms with Crippen LogP contribution in [0, 0.1) is 0 Å². The van der Waals surface area contributed by atoms with Gasteiger partial charge in [-0.05, 0) is 25.8 Å². The molecular weight excluding hydrogens is 190 g/mol. The molecule has 0 aromatic carbocycles. The van der Waals surface area contributed by atoms with E-state index < -0.39 is 0 Å². The lowest BCUT2D eigenvalue weighted by molar-refractivity contribution is 0.0195. The summed E-state index contributed by atoms with van der Waals surface area (Å²) in [4.78, 5) is 0. The molecule has 3 nitrogen and oxygen atoms in total. The maximum absolute atomic E-state index is 5.58. The molecule has 3 heteroatoms. The largest absolute Gasteiger partial charge is 0.380 e. The van der Waals surface area contributed by atoms with E-state index in [0.717, 1.165) is 39.0 Å². The normalized spacial score (nSPS) is 15.2. The summed E-state index contributed by atoms with van der Waals surface area (Å²) in [6, 6.07) is 0.325. The Morgan fingerprint density at radius 3 is 2.33 bits per heavy atom. The Morgan fingerprint density at radius 2 is 1.87 bits per heavy atom. The minimum Gasteiger partial charge on any atom is -0.380 e. The van der Waals surface area contributed by atoms with Crippen molar-refractivity contribution >= 4 is 0 Å². The van der Waals surface area contributed by atoms with Gasteiger partial charge >= 0.3 is 0 Å².